The molecule has 0 aliphatic carbocycles. The number of methoxy groups -OCH3 is 1. The average molecular weight is 363 g/mol. The van der Waals surface area contributed by atoms with Crippen molar-refractivity contribution in [3.63, 3.8) is 0 Å². The van der Waals surface area contributed by atoms with E-state index in [9.17, 15) is 19.7 Å². The number of imide groups is 1. The first kappa shape index (κ1) is 16.6. The van der Waals surface area contributed by atoms with E-state index < -0.39 is 16.7 Å². The Morgan fingerprint density at radius 3 is 2.48 bits per heavy atom. The van der Waals surface area contributed by atoms with Crippen LogP contribution in [0.5, 0.6) is 5.75 Å². The number of nitrogens with zero attached hydrogens (tertiary/aromatic N) is 3. The molecule has 8 heteroatoms. The largest absolute Gasteiger partial charge is 0.494 e. The van der Waals surface area contributed by atoms with E-state index in [1.165, 1.54) is 25.3 Å². The molecule has 0 unspecified atom stereocenters. The molecule has 0 bridgehead atoms. The molecule has 0 radical (unpaired) electrons. The van der Waals surface area contributed by atoms with Crippen LogP contribution < -0.4 is 9.64 Å². The van der Waals surface area contributed by atoms with Gasteiger partial charge >= 0.3 is 0 Å². The number of hydrogen-bond acceptors (Lipinski definition) is 6. The topological polar surface area (TPSA) is 103 Å². The number of carbonyl (C=O) groups is 2. The van der Waals surface area contributed by atoms with Crippen LogP contribution in [0.2, 0.25) is 0 Å². The lowest BCUT2D eigenvalue weighted by Crippen LogP contribution is -2.30. The molecule has 2 amide bonds. The standard InChI is InChI=1S/C19H13N3O5/c1-10-16-17(12-5-3-4-6-13(12)20-10)19(24)21(18(16)23)14-8-7-11(22(25)26)9-15(14)27-2/h3-9H,1-2H3. The third-order valence-electron chi connectivity index (χ3n) is 4.52. The number of amides is 2. The summed E-state index contributed by atoms with van der Waals surface area (Å²) in [6, 6.07) is 10.8. The number of pyridine rings is 1. The fraction of sp³-hybridized carbons (Fsp3) is 0.105. The maximum atomic E-state index is 13.1. The van der Waals surface area contributed by atoms with E-state index in [1.54, 1.807) is 31.2 Å². The number of fused-ring (bicyclic) bond motifs is 3. The molecule has 0 spiro atoms. The molecule has 0 N–H and O–H groups in total. The van der Waals surface area contributed by atoms with E-state index in [-0.39, 0.29) is 28.3 Å². The highest BCUT2D eigenvalue weighted by atomic mass is 16.6. The van der Waals surface area contributed by atoms with Crippen molar-refractivity contribution in [3.8, 4) is 5.75 Å². The lowest BCUT2D eigenvalue weighted by atomic mass is 10.0. The van der Waals surface area contributed by atoms with Crippen molar-refractivity contribution in [3.05, 3.63) is 69.4 Å². The van der Waals surface area contributed by atoms with Crippen molar-refractivity contribution in [1.29, 1.82) is 0 Å². The van der Waals surface area contributed by atoms with E-state index in [4.69, 9.17) is 4.74 Å². The molecule has 27 heavy (non-hydrogen) atoms. The van der Waals surface area contributed by atoms with Crippen LogP contribution in [0.15, 0.2) is 42.5 Å². The summed E-state index contributed by atoms with van der Waals surface area (Å²) in [5, 5.41) is 11.6. The number of aromatic nitrogens is 1. The number of benzene rings is 2. The second kappa shape index (κ2) is 5.87. The molecule has 1 aliphatic rings. The summed E-state index contributed by atoms with van der Waals surface area (Å²) in [4.78, 5) is 42.0. The summed E-state index contributed by atoms with van der Waals surface area (Å²) in [6.45, 7) is 1.67. The molecule has 2 heterocycles. The van der Waals surface area contributed by atoms with Crippen molar-refractivity contribution in [1.82, 2.24) is 4.98 Å². The van der Waals surface area contributed by atoms with E-state index in [0.717, 1.165) is 4.90 Å². The minimum absolute atomic E-state index is 0.0635. The Morgan fingerprint density at radius 2 is 1.78 bits per heavy atom. The number of para-hydroxylation sites is 1. The van der Waals surface area contributed by atoms with E-state index in [1.807, 2.05) is 0 Å². The molecule has 2 aromatic carbocycles. The number of carbonyl (C=O) groups excluding carboxylic acids is 2. The van der Waals surface area contributed by atoms with Gasteiger partial charge in [0.2, 0.25) is 0 Å². The predicted octanol–water partition coefficient (Wildman–Crippen LogP) is 3.26. The van der Waals surface area contributed by atoms with Crippen molar-refractivity contribution in [2.75, 3.05) is 12.0 Å². The highest BCUT2D eigenvalue weighted by Crippen LogP contribution is 2.39. The Morgan fingerprint density at radius 1 is 1.07 bits per heavy atom. The first-order valence-electron chi connectivity index (χ1n) is 8.04. The molecule has 1 aromatic heterocycles. The average Bonchev–Trinajstić information content (AvgIpc) is 2.92. The Hall–Kier alpha value is -3.81. The van der Waals surface area contributed by atoms with Gasteiger partial charge in [-0.2, -0.15) is 0 Å². The van der Waals surface area contributed by atoms with Gasteiger partial charge in [0.05, 0.1) is 46.1 Å². The molecular formula is C19H13N3O5. The van der Waals surface area contributed by atoms with Gasteiger partial charge in [-0.3, -0.25) is 24.7 Å². The maximum absolute atomic E-state index is 13.1. The summed E-state index contributed by atoms with van der Waals surface area (Å²) >= 11 is 0. The van der Waals surface area contributed by atoms with Crippen molar-refractivity contribution in [2.24, 2.45) is 0 Å². The van der Waals surface area contributed by atoms with Crippen LogP contribution in [0.3, 0.4) is 0 Å². The highest BCUT2D eigenvalue weighted by Gasteiger charge is 2.41. The molecule has 0 atom stereocenters. The van der Waals surface area contributed by atoms with E-state index in [2.05, 4.69) is 4.98 Å². The van der Waals surface area contributed by atoms with Crippen LogP contribution >= 0.6 is 0 Å². The van der Waals surface area contributed by atoms with Crippen LogP contribution in [-0.2, 0) is 0 Å². The Balaban J connectivity index is 1.94. The molecule has 1 aliphatic heterocycles. The van der Waals surface area contributed by atoms with Gasteiger partial charge in [0.1, 0.15) is 5.75 Å². The number of ether oxygens (including phenoxy) is 1. The third-order valence-corrected chi connectivity index (χ3v) is 4.52. The van der Waals surface area contributed by atoms with Gasteiger partial charge in [0.25, 0.3) is 17.5 Å². The van der Waals surface area contributed by atoms with Gasteiger partial charge in [0, 0.05) is 11.5 Å². The molecule has 0 saturated heterocycles. The van der Waals surface area contributed by atoms with E-state index in [0.29, 0.717) is 16.6 Å². The fourth-order valence-corrected chi connectivity index (χ4v) is 3.32. The smallest absolute Gasteiger partial charge is 0.273 e. The minimum atomic E-state index is -0.573. The third kappa shape index (κ3) is 2.34. The van der Waals surface area contributed by atoms with Crippen molar-refractivity contribution >= 4 is 34.1 Å². The number of rotatable bonds is 3. The van der Waals surface area contributed by atoms with Gasteiger partial charge in [0.15, 0.2) is 0 Å². The lowest BCUT2D eigenvalue weighted by Gasteiger charge is -2.17. The molecular weight excluding hydrogens is 350 g/mol. The summed E-state index contributed by atoms with van der Waals surface area (Å²) in [5.74, 6) is -0.976. The number of anilines is 1. The molecule has 8 nitrogen and oxygen atoms in total. The quantitative estimate of drug-likeness (QED) is 0.402. The summed E-state index contributed by atoms with van der Waals surface area (Å²) < 4.78 is 5.20. The van der Waals surface area contributed by atoms with E-state index >= 15 is 0 Å². The zero-order chi connectivity index (χ0) is 19.3. The molecule has 3 aromatic rings. The van der Waals surface area contributed by atoms with Crippen LogP contribution in [0.4, 0.5) is 11.4 Å². The summed E-state index contributed by atoms with van der Waals surface area (Å²) in [5.41, 5.74) is 1.54. The van der Waals surface area contributed by atoms with Gasteiger partial charge in [-0.15, -0.1) is 0 Å². The molecule has 134 valence electrons. The normalized spacial score (nSPS) is 13.2. The summed E-state index contributed by atoms with van der Waals surface area (Å²) in [6.07, 6.45) is 0. The lowest BCUT2D eigenvalue weighted by molar-refractivity contribution is -0.384. The van der Waals surface area contributed by atoms with Gasteiger partial charge in [-0.05, 0) is 19.1 Å². The van der Waals surface area contributed by atoms with Gasteiger partial charge in [-0.25, -0.2) is 4.90 Å². The number of aryl methyl sites for hydroxylation is 1. The van der Waals surface area contributed by atoms with Crippen molar-refractivity contribution in [2.45, 2.75) is 6.92 Å². The molecule has 4 rings (SSSR count). The van der Waals surface area contributed by atoms with Crippen LogP contribution in [0.25, 0.3) is 10.9 Å². The van der Waals surface area contributed by atoms with Gasteiger partial charge < -0.3 is 4.74 Å². The molecule has 0 saturated carbocycles. The van der Waals surface area contributed by atoms with Crippen LogP contribution in [0, 0.1) is 17.0 Å². The van der Waals surface area contributed by atoms with Crippen LogP contribution in [0.1, 0.15) is 26.4 Å². The zero-order valence-electron chi connectivity index (χ0n) is 14.4. The Labute approximate surface area is 153 Å². The van der Waals surface area contributed by atoms with Gasteiger partial charge in [-0.1, -0.05) is 18.2 Å². The second-order valence-electron chi connectivity index (χ2n) is 6.02. The maximum Gasteiger partial charge on any atom is 0.273 e. The van der Waals surface area contributed by atoms with Crippen molar-refractivity contribution < 1.29 is 19.2 Å². The van der Waals surface area contributed by atoms with Crippen LogP contribution in [-0.4, -0.2) is 28.8 Å². The molecule has 0 fully saturated rings. The number of hydrogen-bond donors (Lipinski definition) is 0. The summed E-state index contributed by atoms with van der Waals surface area (Å²) in [7, 11) is 1.32. The monoisotopic (exact) mass is 363 g/mol. The predicted molar refractivity (Wildman–Crippen MR) is 97.3 cm³/mol. The Kier molecular flexibility index (Phi) is 3.62. The fourth-order valence-electron chi connectivity index (χ4n) is 3.32. The minimum Gasteiger partial charge on any atom is -0.494 e. The number of non-ortho nitro benzene ring substituents is 1. The highest BCUT2D eigenvalue weighted by molar-refractivity contribution is 6.38. The second-order valence-corrected chi connectivity index (χ2v) is 6.02. The SMILES string of the molecule is COc1cc([N+](=O)[O-])ccc1N1C(=O)c2c(C)nc3ccccc3c2C1=O. The Bertz CT molecular complexity index is 1160. The number of nitro benzene ring substituents is 1. The first-order valence-corrected chi connectivity index (χ1v) is 8.04. The number of nitro groups is 1. The zero-order valence-corrected chi connectivity index (χ0v) is 14.4. The first-order chi connectivity index (χ1) is 12.9.